The van der Waals surface area contributed by atoms with Gasteiger partial charge in [0.2, 0.25) is 5.91 Å². The fourth-order valence-electron chi connectivity index (χ4n) is 3.86. The molecule has 2 unspecified atom stereocenters. The maximum absolute atomic E-state index is 12.1. The van der Waals surface area contributed by atoms with Crippen molar-refractivity contribution in [3.05, 3.63) is 23.8 Å². The highest BCUT2D eigenvalue weighted by molar-refractivity contribution is 5.76. The van der Waals surface area contributed by atoms with Crippen LogP contribution >= 0.6 is 0 Å². The van der Waals surface area contributed by atoms with Crippen LogP contribution < -0.4 is 14.8 Å². The number of aryl methyl sites for hydroxylation is 1. The van der Waals surface area contributed by atoms with E-state index >= 15 is 0 Å². The standard InChI is InChI=1S/C21H34N2O3/c1-16-10-17(2)15-23(14-16)9-5-8-22-21(24)7-6-18-11-19(25-3)13-20(12-18)26-4/h11-13,16-17H,5-10,14-15H2,1-4H3,(H,22,24). The first-order valence-electron chi connectivity index (χ1n) is 9.71. The Kier molecular flexibility index (Phi) is 8.23. The highest BCUT2D eigenvalue weighted by Crippen LogP contribution is 2.23. The molecule has 1 aromatic carbocycles. The van der Waals surface area contributed by atoms with Crippen molar-refractivity contribution in [2.75, 3.05) is 40.4 Å². The van der Waals surface area contributed by atoms with Crippen molar-refractivity contribution < 1.29 is 14.3 Å². The van der Waals surface area contributed by atoms with Gasteiger partial charge < -0.3 is 19.7 Å². The summed E-state index contributed by atoms with van der Waals surface area (Å²) in [7, 11) is 3.27. The zero-order valence-electron chi connectivity index (χ0n) is 16.7. The molecule has 1 heterocycles. The summed E-state index contributed by atoms with van der Waals surface area (Å²) in [5, 5.41) is 3.04. The Balaban J connectivity index is 1.66. The Morgan fingerprint density at radius 3 is 2.31 bits per heavy atom. The molecule has 5 heteroatoms. The molecule has 26 heavy (non-hydrogen) atoms. The number of carbonyl (C=O) groups excluding carboxylic acids is 1. The lowest BCUT2D eigenvalue weighted by Gasteiger charge is -2.34. The first-order valence-corrected chi connectivity index (χ1v) is 9.71. The van der Waals surface area contributed by atoms with E-state index in [4.69, 9.17) is 9.47 Å². The van der Waals surface area contributed by atoms with E-state index < -0.39 is 0 Å². The van der Waals surface area contributed by atoms with Crippen LogP contribution in [0.4, 0.5) is 0 Å². The van der Waals surface area contributed by atoms with Gasteiger partial charge in [0.05, 0.1) is 14.2 Å². The summed E-state index contributed by atoms with van der Waals surface area (Å²) in [6.07, 6.45) is 3.51. The van der Waals surface area contributed by atoms with E-state index in [0.717, 1.165) is 48.4 Å². The lowest BCUT2D eigenvalue weighted by Crippen LogP contribution is -2.40. The second kappa shape index (κ2) is 10.4. The smallest absolute Gasteiger partial charge is 0.220 e. The molecule has 0 radical (unpaired) electrons. The lowest BCUT2D eigenvalue weighted by atomic mass is 9.92. The Morgan fingerprint density at radius 2 is 1.73 bits per heavy atom. The predicted molar refractivity (Wildman–Crippen MR) is 105 cm³/mol. The van der Waals surface area contributed by atoms with Gasteiger partial charge in [0, 0.05) is 32.1 Å². The summed E-state index contributed by atoms with van der Waals surface area (Å²) in [4.78, 5) is 14.6. The van der Waals surface area contributed by atoms with Crippen molar-refractivity contribution in [1.82, 2.24) is 10.2 Å². The van der Waals surface area contributed by atoms with Gasteiger partial charge in [-0.1, -0.05) is 13.8 Å². The molecule has 1 aliphatic rings. The molecule has 5 nitrogen and oxygen atoms in total. The van der Waals surface area contributed by atoms with E-state index in [1.54, 1.807) is 14.2 Å². The van der Waals surface area contributed by atoms with Gasteiger partial charge in [-0.15, -0.1) is 0 Å². The molecule has 1 saturated heterocycles. The Morgan fingerprint density at radius 1 is 1.12 bits per heavy atom. The van der Waals surface area contributed by atoms with Crippen molar-refractivity contribution in [3.8, 4) is 11.5 Å². The molecule has 0 aliphatic carbocycles. The van der Waals surface area contributed by atoms with E-state index in [2.05, 4.69) is 24.1 Å². The zero-order chi connectivity index (χ0) is 18.9. The van der Waals surface area contributed by atoms with Crippen LogP contribution in [0.3, 0.4) is 0 Å². The maximum Gasteiger partial charge on any atom is 0.220 e. The molecule has 1 amide bonds. The third-order valence-corrected chi connectivity index (χ3v) is 4.97. The first kappa shape index (κ1) is 20.6. The maximum atomic E-state index is 12.1. The molecule has 0 aromatic heterocycles. The number of piperidine rings is 1. The van der Waals surface area contributed by atoms with E-state index in [0.29, 0.717) is 12.8 Å². The number of hydrogen-bond donors (Lipinski definition) is 1. The molecule has 1 aromatic rings. The van der Waals surface area contributed by atoms with Crippen LogP contribution in [0, 0.1) is 11.8 Å². The van der Waals surface area contributed by atoms with Crippen LogP contribution in [0.1, 0.15) is 38.7 Å². The number of rotatable bonds is 9. The number of benzene rings is 1. The first-order chi connectivity index (χ1) is 12.5. The van der Waals surface area contributed by atoms with Crippen molar-refractivity contribution in [3.63, 3.8) is 0 Å². The van der Waals surface area contributed by atoms with Gasteiger partial charge in [0.25, 0.3) is 0 Å². The van der Waals surface area contributed by atoms with Gasteiger partial charge in [-0.2, -0.15) is 0 Å². The molecule has 0 spiro atoms. The average molecular weight is 363 g/mol. The number of amides is 1. The summed E-state index contributed by atoms with van der Waals surface area (Å²) >= 11 is 0. The molecule has 1 N–H and O–H groups in total. The molecule has 1 fully saturated rings. The van der Waals surface area contributed by atoms with Gasteiger partial charge >= 0.3 is 0 Å². The highest BCUT2D eigenvalue weighted by Gasteiger charge is 2.21. The molecule has 1 aliphatic heterocycles. The number of likely N-dealkylation sites (tertiary alicyclic amines) is 1. The van der Waals surface area contributed by atoms with Crippen LogP contribution in [0.25, 0.3) is 0 Å². The quantitative estimate of drug-likeness (QED) is 0.686. The third-order valence-electron chi connectivity index (χ3n) is 4.97. The minimum atomic E-state index is 0.104. The predicted octanol–water partition coefficient (Wildman–Crippen LogP) is 3.12. The van der Waals surface area contributed by atoms with Crippen LogP contribution in [0.5, 0.6) is 11.5 Å². The largest absolute Gasteiger partial charge is 0.497 e. The number of nitrogens with zero attached hydrogens (tertiary/aromatic N) is 1. The normalized spacial score (nSPS) is 20.6. The molecule has 2 rings (SSSR count). The zero-order valence-corrected chi connectivity index (χ0v) is 16.7. The molecule has 146 valence electrons. The van der Waals surface area contributed by atoms with E-state index in [-0.39, 0.29) is 5.91 Å². The monoisotopic (exact) mass is 362 g/mol. The molecular weight excluding hydrogens is 328 g/mol. The number of nitrogens with one attached hydrogen (secondary N) is 1. The van der Waals surface area contributed by atoms with Crippen LogP contribution in [0.15, 0.2) is 18.2 Å². The van der Waals surface area contributed by atoms with Gasteiger partial charge in [-0.3, -0.25) is 4.79 Å². The minimum absolute atomic E-state index is 0.104. The summed E-state index contributed by atoms with van der Waals surface area (Å²) < 4.78 is 10.5. The molecule has 0 saturated carbocycles. The molecule has 0 bridgehead atoms. The van der Waals surface area contributed by atoms with E-state index in [1.165, 1.54) is 19.5 Å². The van der Waals surface area contributed by atoms with Crippen LogP contribution in [-0.4, -0.2) is 51.2 Å². The number of hydrogen-bond acceptors (Lipinski definition) is 4. The average Bonchev–Trinajstić information content (AvgIpc) is 2.62. The van der Waals surface area contributed by atoms with Gasteiger partial charge in [0.1, 0.15) is 11.5 Å². The van der Waals surface area contributed by atoms with Gasteiger partial charge in [-0.05, 0) is 55.3 Å². The second-order valence-corrected chi connectivity index (χ2v) is 7.63. The highest BCUT2D eigenvalue weighted by atomic mass is 16.5. The summed E-state index contributed by atoms with van der Waals surface area (Å²) in [5.41, 5.74) is 1.05. The Bertz CT molecular complexity index is 544. The van der Waals surface area contributed by atoms with Crippen molar-refractivity contribution in [2.45, 2.75) is 39.5 Å². The topological polar surface area (TPSA) is 50.8 Å². The van der Waals surface area contributed by atoms with Crippen molar-refractivity contribution in [2.24, 2.45) is 11.8 Å². The Hall–Kier alpha value is -1.75. The van der Waals surface area contributed by atoms with Gasteiger partial charge in [0.15, 0.2) is 0 Å². The third kappa shape index (κ3) is 6.87. The summed E-state index contributed by atoms with van der Waals surface area (Å²) in [6, 6.07) is 5.74. The van der Waals surface area contributed by atoms with Gasteiger partial charge in [-0.25, -0.2) is 0 Å². The second-order valence-electron chi connectivity index (χ2n) is 7.63. The fraction of sp³-hybridized carbons (Fsp3) is 0.667. The van der Waals surface area contributed by atoms with E-state index in [1.807, 2.05) is 18.2 Å². The summed E-state index contributed by atoms with van der Waals surface area (Å²) in [6.45, 7) is 8.86. The van der Waals surface area contributed by atoms with Crippen LogP contribution in [0.2, 0.25) is 0 Å². The minimum Gasteiger partial charge on any atom is -0.497 e. The Labute approximate surface area is 158 Å². The number of methoxy groups -OCH3 is 2. The van der Waals surface area contributed by atoms with Crippen LogP contribution in [-0.2, 0) is 11.2 Å². The SMILES string of the molecule is COc1cc(CCC(=O)NCCCN2CC(C)CC(C)C2)cc(OC)c1. The van der Waals surface area contributed by atoms with Crippen molar-refractivity contribution in [1.29, 1.82) is 0 Å². The number of ether oxygens (including phenoxy) is 2. The number of carbonyl (C=O) groups is 1. The van der Waals surface area contributed by atoms with Crippen molar-refractivity contribution >= 4 is 5.91 Å². The molecule has 2 atom stereocenters. The summed E-state index contributed by atoms with van der Waals surface area (Å²) in [5.74, 6) is 3.18. The van der Waals surface area contributed by atoms with E-state index in [9.17, 15) is 4.79 Å². The fourth-order valence-corrected chi connectivity index (χ4v) is 3.86. The lowest BCUT2D eigenvalue weighted by molar-refractivity contribution is -0.121. The molecular formula is C21H34N2O3.